The highest BCUT2D eigenvalue weighted by molar-refractivity contribution is 5.88. The second kappa shape index (κ2) is 6.81. The molecule has 3 aromatic rings. The lowest BCUT2D eigenvalue weighted by Crippen LogP contribution is -2.07. The summed E-state index contributed by atoms with van der Waals surface area (Å²) in [7, 11) is 0. The van der Waals surface area contributed by atoms with Gasteiger partial charge >= 0.3 is 0 Å². The number of hydrogen-bond acceptors (Lipinski definition) is 2. The van der Waals surface area contributed by atoms with Crippen molar-refractivity contribution < 1.29 is 13.2 Å². The lowest BCUT2D eigenvalue weighted by Gasteiger charge is -2.14. The smallest absolute Gasteiger partial charge is 0.170 e. The molecule has 0 saturated heterocycles. The predicted molar refractivity (Wildman–Crippen MR) is 94.1 cm³/mol. The molecule has 0 atom stereocenters. The van der Waals surface area contributed by atoms with Gasteiger partial charge in [0, 0.05) is 17.5 Å². The van der Waals surface area contributed by atoms with E-state index in [0.29, 0.717) is 11.9 Å². The fraction of sp³-hybridized carbons (Fsp3) is 0.0500. The van der Waals surface area contributed by atoms with Crippen molar-refractivity contribution in [3.63, 3.8) is 0 Å². The van der Waals surface area contributed by atoms with Crippen LogP contribution in [-0.2, 0) is 0 Å². The van der Waals surface area contributed by atoms with Gasteiger partial charge in [-0.1, -0.05) is 42.5 Å². The number of halogens is 3. The third-order valence-corrected chi connectivity index (χ3v) is 3.98. The van der Waals surface area contributed by atoms with E-state index in [-0.39, 0.29) is 5.69 Å². The van der Waals surface area contributed by atoms with Gasteiger partial charge in [-0.2, -0.15) is 0 Å². The Morgan fingerprint density at radius 1 is 0.800 bits per heavy atom. The molecule has 0 aromatic heterocycles. The fourth-order valence-corrected chi connectivity index (χ4v) is 2.57. The number of rotatable bonds is 4. The van der Waals surface area contributed by atoms with Gasteiger partial charge in [0.05, 0.1) is 11.3 Å². The van der Waals surface area contributed by atoms with Gasteiger partial charge in [0.2, 0.25) is 0 Å². The van der Waals surface area contributed by atoms with Gasteiger partial charge in [-0.3, -0.25) is 0 Å². The summed E-state index contributed by atoms with van der Waals surface area (Å²) >= 11 is 0. The Labute approximate surface area is 143 Å². The molecule has 0 spiro atoms. The average Bonchev–Trinajstić information content (AvgIpc) is 2.66. The van der Waals surface area contributed by atoms with E-state index in [1.165, 1.54) is 0 Å². The maximum atomic E-state index is 14.3. The van der Waals surface area contributed by atoms with E-state index in [4.69, 9.17) is 5.41 Å². The highest BCUT2D eigenvalue weighted by Crippen LogP contribution is 2.31. The summed E-state index contributed by atoms with van der Waals surface area (Å²) in [6.45, 7) is 1.16. The molecule has 0 unspecified atom stereocenters. The molecule has 25 heavy (non-hydrogen) atoms. The van der Waals surface area contributed by atoms with E-state index in [0.717, 1.165) is 18.1 Å². The van der Waals surface area contributed by atoms with E-state index in [2.05, 4.69) is 5.32 Å². The number of anilines is 2. The SMILES string of the molecule is Cc1c(F)c(F)c(C=N)c(Nc2ccc(-c3ccccc3)cc2)c1F. The van der Waals surface area contributed by atoms with Crippen LogP contribution in [0.5, 0.6) is 0 Å². The van der Waals surface area contributed by atoms with E-state index >= 15 is 0 Å². The summed E-state index contributed by atoms with van der Waals surface area (Å²) in [4.78, 5) is 0. The maximum absolute atomic E-state index is 14.3. The molecule has 3 rings (SSSR count). The maximum Gasteiger partial charge on any atom is 0.170 e. The van der Waals surface area contributed by atoms with Gasteiger partial charge in [0.25, 0.3) is 0 Å². The van der Waals surface area contributed by atoms with Crippen LogP contribution < -0.4 is 5.32 Å². The van der Waals surface area contributed by atoms with Crippen LogP contribution in [0.2, 0.25) is 0 Å². The number of nitrogens with one attached hydrogen (secondary N) is 2. The Kier molecular flexibility index (Phi) is 4.57. The van der Waals surface area contributed by atoms with Crippen molar-refractivity contribution in [3.05, 3.63) is 83.2 Å². The zero-order valence-electron chi connectivity index (χ0n) is 13.4. The molecule has 0 bridgehead atoms. The van der Waals surface area contributed by atoms with Crippen LogP contribution >= 0.6 is 0 Å². The molecule has 0 aliphatic carbocycles. The zero-order valence-corrected chi connectivity index (χ0v) is 13.4. The molecule has 0 saturated carbocycles. The van der Waals surface area contributed by atoms with Crippen molar-refractivity contribution in [3.8, 4) is 11.1 Å². The molecular weight excluding hydrogens is 325 g/mol. The first-order valence-electron chi connectivity index (χ1n) is 7.63. The van der Waals surface area contributed by atoms with Crippen molar-refractivity contribution in [2.45, 2.75) is 6.92 Å². The molecule has 0 aliphatic heterocycles. The summed E-state index contributed by atoms with van der Waals surface area (Å²) in [5.74, 6) is -3.43. The van der Waals surface area contributed by atoms with E-state index in [9.17, 15) is 13.2 Å². The molecule has 2 nitrogen and oxygen atoms in total. The third kappa shape index (κ3) is 3.13. The van der Waals surface area contributed by atoms with Crippen LogP contribution in [0.4, 0.5) is 24.5 Å². The van der Waals surface area contributed by atoms with Crippen LogP contribution in [0.25, 0.3) is 11.1 Å². The molecule has 0 radical (unpaired) electrons. The molecule has 126 valence electrons. The fourth-order valence-electron chi connectivity index (χ4n) is 2.57. The summed E-state index contributed by atoms with van der Waals surface area (Å²) in [5.41, 5.74) is 1.38. The summed E-state index contributed by atoms with van der Waals surface area (Å²) < 4.78 is 42.0. The Morgan fingerprint density at radius 3 is 2.00 bits per heavy atom. The van der Waals surface area contributed by atoms with Gasteiger partial charge < -0.3 is 10.7 Å². The van der Waals surface area contributed by atoms with Crippen LogP contribution in [0.3, 0.4) is 0 Å². The molecule has 0 heterocycles. The van der Waals surface area contributed by atoms with Gasteiger partial charge in [0.1, 0.15) is 0 Å². The monoisotopic (exact) mass is 340 g/mol. The van der Waals surface area contributed by atoms with E-state index < -0.39 is 28.6 Å². The standard InChI is InChI=1S/C20H15F3N2/c1-12-17(21)19(23)16(11-24)20(18(12)22)25-15-9-7-14(8-10-15)13-5-3-2-4-6-13/h2-11,24-25H,1H3. The van der Waals surface area contributed by atoms with Gasteiger partial charge in [-0.05, 0) is 30.2 Å². The first-order valence-corrected chi connectivity index (χ1v) is 7.63. The van der Waals surface area contributed by atoms with Gasteiger partial charge in [-0.25, -0.2) is 13.2 Å². The average molecular weight is 340 g/mol. The first-order chi connectivity index (χ1) is 12.0. The van der Waals surface area contributed by atoms with Gasteiger partial charge in [0.15, 0.2) is 17.5 Å². The molecule has 2 N–H and O–H groups in total. The predicted octanol–water partition coefficient (Wildman–Crippen LogP) is 5.82. The summed E-state index contributed by atoms with van der Waals surface area (Å²) in [6.07, 6.45) is 0.599. The first kappa shape index (κ1) is 16.8. The van der Waals surface area contributed by atoms with Gasteiger partial charge in [-0.15, -0.1) is 0 Å². The minimum Gasteiger partial charge on any atom is -0.352 e. The third-order valence-electron chi connectivity index (χ3n) is 3.98. The Morgan fingerprint density at radius 2 is 1.40 bits per heavy atom. The number of benzene rings is 3. The van der Waals surface area contributed by atoms with Crippen LogP contribution in [0, 0.1) is 29.8 Å². The Balaban J connectivity index is 1.97. The molecule has 0 fully saturated rings. The topological polar surface area (TPSA) is 35.9 Å². The molecule has 0 amide bonds. The summed E-state index contributed by atoms with van der Waals surface area (Å²) in [6, 6.07) is 16.8. The van der Waals surface area contributed by atoms with Crippen LogP contribution in [0.15, 0.2) is 54.6 Å². The lowest BCUT2D eigenvalue weighted by molar-refractivity contribution is 0.486. The van der Waals surface area contributed by atoms with Crippen LogP contribution in [-0.4, -0.2) is 6.21 Å². The van der Waals surface area contributed by atoms with Crippen molar-refractivity contribution in [2.24, 2.45) is 0 Å². The highest BCUT2D eigenvalue weighted by Gasteiger charge is 2.21. The van der Waals surface area contributed by atoms with E-state index in [1.54, 1.807) is 12.1 Å². The molecule has 5 heteroatoms. The Bertz CT molecular complexity index is 920. The second-order valence-electron chi connectivity index (χ2n) is 5.57. The Hall–Kier alpha value is -3.08. The van der Waals surface area contributed by atoms with Crippen molar-refractivity contribution >= 4 is 17.6 Å². The van der Waals surface area contributed by atoms with Crippen molar-refractivity contribution in [1.29, 1.82) is 5.41 Å². The number of hydrogen-bond donors (Lipinski definition) is 2. The quantitative estimate of drug-likeness (QED) is 0.455. The van der Waals surface area contributed by atoms with E-state index in [1.807, 2.05) is 42.5 Å². The summed E-state index contributed by atoms with van der Waals surface area (Å²) in [5, 5.41) is 10.0. The lowest BCUT2D eigenvalue weighted by atomic mass is 10.0. The normalized spacial score (nSPS) is 10.6. The van der Waals surface area contributed by atoms with Crippen molar-refractivity contribution in [1.82, 2.24) is 0 Å². The highest BCUT2D eigenvalue weighted by atomic mass is 19.2. The molecular formula is C20H15F3N2. The minimum absolute atomic E-state index is 0.251. The largest absolute Gasteiger partial charge is 0.352 e. The molecule has 0 aliphatic rings. The minimum atomic E-state index is -1.28. The zero-order chi connectivity index (χ0) is 18.0. The molecule has 3 aromatic carbocycles. The van der Waals surface area contributed by atoms with Crippen LogP contribution in [0.1, 0.15) is 11.1 Å². The van der Waals surface area contributed by atoms with Crippen molar-refractivity contribution in [2.75, 3.05) is 5.32 Å². The second-order valence-corrected chi connectivity index (χ2v) is 5.57.